The van der Waals surface area contributed by atoms with Crippen molar-refractivity contribution in [2.75, 3.05) is 0 Å². The van der Waals surface area contributed by atoms with Gasteiger partial charge in [0.2, 0.25) is 0 Å². The van der Waals surface area contributed by atoms with Gasteiger partial charge in [-0.1, -0.05) is 12.8 Å². The predicted octanol–water partition coefficient (Wildman–Crippen LogP) is 1.79. The maximum atomic E-state index is 10.9. The first kappa shape index (κ1) is 11.1. The highest BCUT2D eigenvalue weighted by Crippen LogP contribution is 2.32. The SMILES string of the molecule is Cc1cc(C(=O)O)nc2nc(C3CCCC3)nn12. The molecule has 18 heavy (non-hydrogen) atoms. The van der Waals surface area contributed by atoms with Crippen LogP contribution in [0.25, 0.3) is 5.78 Å². The minimum absolute atomic E-state index is 0.0189. The summed E-state index contributed by atoms with van der Waals surface area (Å²) in [5, 5.41) is 13.4. The van der Waals surface area contributed by atoms with Crippen LogP contribution in [-0.2, 0) is 0 Å². The molecule has 0 aromatic carbocycles. The normalized spacial score (nSPS) is 16.5. The van der Waals surface area contributed by atoms with Gasteiger partial charge in [0.15, 0.2) is 11.5 Å². The van der Waals surface area contributed by atoms with Gasteiger partial charge in [0.05, 0.1) is 0 Å². The Morgan fingerprint density at radius 2 is 2.11 bits per heavy atom. The number of aromatic nitrogens is 4. The van der Waals surface area contributed by atoms with Gasteiger partial charge in [-0.15, -0.1) is 5.10 Å². The number of rotatable bonds is 2. The van der Waals surface area contributed by atoms with E-state index in [1.54, 1.807) is 4.52 Å². The van der Waals surface area contributed by atoms with Gasteiger partial charge in [-0.05, 0) is 25.8 Å². The number of carboxylic acid groups (broad SMARTS) is 1. The molecule has 0 saturated heterocycles. The first-order chi connectivity index (χ1) is 8.65. The molecule has 0 atom stereocenters. The van der Waals surface area contributed by atoms with Crippen LogP contribution >= 0.6 is 0 Å². The highest BCUT2D eigenvalue weighted by atomic mass is 16.4. The molecule has 0 amide bonds. The van der Waals surface area contributed by atoms with Crippen LogP contribution in [0.5, 0.6) is 0 Å². The van der Waals surface area contributed by atoms with Crippen molar-refractivity contribution in [2.45, 2.75) is 38.5 Å². The zero-order valence-corrected chi connectivity index (χ0v) is 10.1. The molecule has 0 radical (unpaired) electrons. The summed E-state index contributed by atoms with van der Waals surface area (Å²) in [5.41, 5.74) is 0.763. The second-order valence-corrected chi connectivity index (χ2v) is 4.75. The van der Waals surface area contributed by atoms with E-state index in [4.69, 9.17) is 5.11 Å². The fourth-order valence-corrected chi connectivity index (χ4v) is 2.49. The summed E-state index contributed by atoms with van der Waals surface area (Å²) in [4.78, 5) is 19.3. The van der Waals surface area contributed by atoms with Crippen molar-refractivity contribution in [1.82, 2.24) is 19.6 Å². The molecule has 0 bridgehead atoms. The van der Waals surface area contributed by atoms with Gasteiger partial charge in [0.1, 0.15) is 0 Å². The molecule has 2 aromatic heterocycles. The molecular weight excluding hydrogens is 232 g/mol. The summed E-state index contributed by atoms with van der Waals surface area (Å²) in [6.07, 6.45) is 4.66. The molecular formula is C12H14N4O2. The molecule has 0 unspecified atom stereocenters. The molecule has 2 aromatic rings. The number of hydrogen-bond donors (Lipinski definition) is 1. The van der Waals surface area contributed by atoms with Gasteiger partial charge in [-0.3, -0.25) is 0 Å². The number of fused-ring (bicyclic) bond motifs is 1. The molecule has 6 heteroatoms. The van der Waals surface area contributed by atoms with E-state index in [0.29, 0.717) is 11.7 Å². The fourth-order valence-electron chi connectivity index (χ4n) is 2.49. The largest absolute Gasteiger partial charge is 0.477 e. The van der Waals surface area contributed by atoms with Crippen molar-refractivity contribution in [3.8, 4) is 0 Å². The Bertz CT molecular complexity index is 614. The Labute approximate surface area is 104 Å². The molecule has 1 aliphatic carbocycles. The lowest BCUT2D eigenvalue weighted by atomic mass is 10.1. The van der Waals surface area contributed by atoms with Crippen LogP contribution in [0, 0.1) is 6.92 Å². The Hall–Kier alpha value is -1.98. The molecule has 0 spiro atoms. The van der Waals surface area contributed by atoms with Crippen LogP contribution < -0.4 is 0 Å². The van der Waals surface area contributed by atoms with E-state index in [0.717, 1.165) is 24.4 Å². The summed E-state index contributed by atoms with van der Waals surface area (Å²) in [7, 11) is 0. The molecule has 1 saturated carbocycles. The smallest absolute Gasteiger partial charge is 0.354 e. The third kappa shape index (κ3) is 1.73. The van der Waals surface area contributed by atoms with E-state index < -0.39 is 5.97 Å². The molecule has 1 fully saturated rings. The van der Waals surface area contributed by atoms with Crippen LogP contribution in [-0.4, -0.2) is 30.7 Å². The lowest BCUT2D eigenvalue weighted by molar-refractivity contribution is 0.0690. The Balaban J connectivity index is 2.10. The Morgan fingerprint density at radius 1 is 1.39 bits per heavy atom. The van der Waals surface area contributed by atoms with Crippen molar-refractivity contribution >= 4 is 11.7 Å². The number of carboxylic acids is 1. The first-order valence-electron chi connectivity index (χ1n) is 6.13. The van der Waals surface area contributed by atoms with E-state index in [2.05, 4.69) is 15.1 Å². The number of aromatic carboxylic acids is 1. The average Bonchev–Trinajstić information content (AvgIpc) is 2.96. The second kappa shape index (κ2) is 4.04. The summed E-state index contributed by atoms with van der Waals surface area (Å²) in [6, 6.07) is 1.52. The topological polar surface area (TPSA) is 80.4 Å². The molecule has 6 nitrogen and oxygen atoms in total. The first-order valence-corrected chi connectivity index (χ1v) is 6.13. The number of nitrogens with zero attached hydrogens (tertiary/aromatic N) is 4. The van der Waals surface area contributed by atoms with Crippen LogP contribution in [0.2, 0.25) is 0 Å². The van der Waals surface area contributed by atoms with E-state index in [1.165, 1.54) is 18.9 Å². The fraction of sp³-hybridized carbons (Fsp3) is 0.500. The number of aryl methyl sites for hydroxylation is 1. The van der Waals surface area contributed by atoms with Crippen LogP contribution in [0.4, 0.5) is 0 Å². The monoisotopic (exact) mass is 246 g/mol. The maximum Gasteiger partial charge on any atom is 0.354 e. The van der Waals surface area contributed by atoms with Gasteiger partial charge in [0, 0.05) is 11.6 Å². The summed E-state index contributed by atoms with van der Waals surface area (Å²) in [5.74, 6) is 0.547. The molecule has 94 valence electrons. The minimum atomic E-state index is -1.04. The molecule has 3 rings (SSSR count). The molecule has 0 aliphatic heterocycles. The zero-order chi connectivity index (χ0) is 12.7. The Morgan fingerprint density at radius 3 is 2.78 bits per heavy atom. The lowest BCUT2D eigenvalue weighted by Crippen LogP contribution is -2.05. The summed E-state index contributed by atoms with van der Waals surface area (Å²) < 4.78 is 1.63. The minimum Gasteiger partial charge on any atom is -0.477 e. The maximum absolute atomic E-state index is 10.9. The number of carbonyl (C=O) groups is 1. The standard InChI is InChI=1S/C12H14N4O2/c1-7-6-9(11(17)18)13-12-14-10(15-16(7)12)8-4-2-3-5-8/h6,8H,2-5H2,1H3,(H,17,18). The molecule has 1 N–H and O–H groups in total. The quantitative estimate of drug-likeness (QED) is 0.873. The van der Waals surface area contributed by atoms with Gasteiger partial charge in [-0.25, -0.2) is 14.3 Å². The number of hydrogen-bond acceptors (Lipinski definition) is 4. The van der Waals surface area contributed by atoms with Crippen LogP contribution in [0.1, 0.15) is 53.6 Å². The van der Waals surface area contributed by atoms with Crippen molar-refractivity contribution < 1.29 is 9.90 Å². The zero-order valence-electron chi connectivity index (χ0n) is 10.1. The lowest BCUT2D eigenvalue weighted by Gasteiger charge is -2.00. The summed E-state index contributed by atoms with van der Waals surface area (Å²) >= 11 is 0. The van der Waals surface area contributed by atoms with E-state index in [9.17, 15) is 4.79 Å². The van der Waals surface area contributed by atoms with Crippen LogP contribution in [0.3, 0.4) is 0 Å². The van der Waals surface area contributed by atoms with Gasteiger partial charge >= 0.3 is 5.97 Å². The third-order valence-electron chi connectivity index (χ3n) is 3.45. The van der Waals surface area contributed by atoms with Gasteiger partial charge in [-0.2, -0.15) is 4.98 Å². The Kier molecular flexibility index (Phi) is 2.50. The highest BCUT2D eigenvalue weighted by molar-refractivity contribution is 5.85. The van der Waals surface area contributed by atoms with Crippen molar-refractivity contribution in [2.24, 2.45) is 0 Å². The summed E-state index contributed by atoms with van der Waals surface area (Å²) in [6.45, 7) is 1.81. The highest BCUT2D eigenvalue weighted by Gasteiger charge is 2.22. The van der Waals surface area contributed by atoms with E-state index >= 15 is 0 Å². The van der Waals surface area contributed by atoms with Gasteiger partial charge < -0.3 is 5.11 Å². The second-order valence-electron chi connectivity index (χ2n) is 4.75. The third-order valence-corrected chi connectivity index (χ3v) is 3.45. The predicted molar refractivity (Wildman–Crippen MR) is 63.7 cm³/mol. The van der Waals surface area contributed by atoms with Crippen molar-refractivity contribution in [3.05, 3.63) is 23.3 Å². The van der Waals surface area contributed by atoms with Crippen molar-refractivity contribution in [1.29, 1.82) is 0 Å². The molecule has 1 aliphatic rings. The van der Waals surface area contributed by atoms with Crippen molar-refractivity contribution in [3.63, 3.8) is 0 Å². The van der Waals surface area contributed by atoms with Crippen LogP contribution in [0.15, 0.2) is 6.07 Å². The van der Waals surface area contributed by atoms with Gasteiger partial charge in [0.25, 0.3) is 5.78 Å². The molecule has 2 heterocycles. The van der Waals surface area contributed by atoms with E-state index in [1.807, 2.05) is 6.92 Å². The van der Waals surface area contributed by atoms with E-state index in [-0.39, 0.29) is 5.69 Å². The average molecular weight is 246 g/mol.